The van der Waals surface area contributed by atoms with E-state index in [0.717, 1.165) is 42.7 Å². The van der Waals surface area contributed by atoms with E-state index in [1.165, 1.54) is 0 Å². The molecule has 3 rings (SSSR count). The Kier molecular flexibility index (Phi) is 6.70. The summed E-state index contributed by atoms with van der Waals surface area (Å²) in [4.78, 5) is 9.59. The van der Waals surface area contributed by atoms with Crippen molar-refractivity contribution in [2.24, 2.45) is 4.99 Å². The van der Waals surface area contributed by atoms with Gasteiger partial charge in [0.25, 0.3) is 0 Å². The highest BCUT2D eigenvalue weighted by molar-refractivity contribution is 7.85. The molecule has 0 bridgehead atoms. The van der Waals surface area contributed by atoms with E-state index in [9.17, 15) is 9.32 Å². The summed E-state index contributed by atoms with van der Waals surface area (Å²) in [5, 5.41) is 13.3. The molecule has 0 spiro atoms. The lowest BCUT2D eigenvalue weighted by molar-refractivity contribution is 0.371. The third kappa shape index (κ3) is 5.01. The molecule has 1 fully saturated rings. The summed E-state index contributed by atoms with van der Waals surface area (Å²) in [7, 11) is 0.758. The summed E-state index contributed by atoms with van der Waals surface area (Å²) in [6, 6.07) is 17.0. The molecule has 27 heavy (non-hydrogen) atoms. The Bertz CT molecular complexity index is 790. The van der Waals surface area contributed by atoms with Gasteiger partial charge in [-0.05, 0) is 24.3 Å². The number of guanidine groups is 1. The average molecular weight is 387 g/mol. The summed E-state index contributed by atoms with van der Waals surface area (Å²) in [6.45, 7) is 3.86. The standard InChI is InChI=1S/C20H26N4O2S/c1-21-20(22-11-16-27(26)17-7-3-2-4-8-17)24-14-12-23(13-15-24)18-9-5-6-10-19(18)25/h2-10,25H,11-16H2,1H3,(H,21,22). The van der Waals surface area contributed by atoms with Gasteiger partial charge in [0.1, 0.15) is 5.75 Å². The second-order valence-electron chi connectivity index (χ2n) is 6.30. The number of aliphatic imine (C=N–C) groups is 1. The van der Waals surface area contributed by atoms with Gasteiger partial charge in [0.15, 0.2) is 5.96 Å². The van der Waals surface area contributed by atoms with Crippen molar-refractivity contribution in [2.45, 2.75) is 4.90 Å². The van der Waals surface area contributed by atoms with Gasteiger partial charge in [-0.1, -0.05) is 30.3 Å². The molecule has 0 aromatic heterocycles. The first-order chi connectivity index (χ1) is 13.2. The largest absolute Gasteiger partial charge is 0.506 e. The van der Waals surface area contributed by atoms with Crippen molar-refractivity contribution in [3.8, 4) is 5.75 Å². The highest BCUT2D eigenvalue weighted by Gasteiger charge is 2.21. The molecule has 1 unspecified atom stereocenters. The van der Waals surface area contributed by atoms with Crippen LogP contribution in [0.5, 0.6) is 5.75 Å². The molecule has 1 aliphatic rings. The van der Waals surface area contributed by atoms with Crippen molar-refractivity contribution < 1.29 is 9.32 Å². The average Bonchev–Trinajstić information content (AvgIpc) is 2.72. The fourth-order valence-electron chi connectivity index (χ4n) is 3.17. The van der Waals surface area contributed by atoms with E-state index < -0.39 is 10.8 Å². The fraction of sp³-hybridized carbons (Fsp3) is 0.350. The number of nitrogens with zero attached hydrogens (tertiary/aromatic N) is 3. The lowest BCUT2D eigenvalue weighted by Gasteiger charge is -2.37. The molecule has 6 nitrogen and oxygen atoms in total. The molecular formula is C20H26N4O2S. The van der Waals surface area contributed by atoms with Crippen molar-refractivity contribution in [2.75, 3.05) is 50.4 Å². The molecule has 1 saturated heterocycles. The zero-order valence-electron chi connectivity index (χ0n) is 15.5. The molecule has 0 radical (unpaired) electrons. The minimum atomic E-state index is -1.01. The van der Waals surface area contributed by atoms with Gasteiger partial charge in [-0.3, -0.25) is 9.20 Å². The molecule has 2 aromatic rings. The van der Waals surface area contributed by atoms with Crippen molar-refractivity contribution in [1.82, 2.24) is 10.2 Å². The highest BCUT2D eigenvalue weighted by Crippen LogP contribution is 2.27. The Labute approximate surface area is 163 Å². The maximum Gasteiger partial charge on any atom is 0.193 e. The van der Waals surface area contributed by atoms with Crippen LogP contribution in [0.1, 0.15) is 0 Å². The number of rotatable bonds is 5. The predicted octanol–water partition coefficient (Wildman–Crippen LogP) is 1.90. The van der Waals surface area contributed by atoms with E-state index in [4.69, 9.17) is 0 Å². The number of aromatic hydroxyl groups is 1. The van der Waals surface area contributed by atoms with Gasteiger partial charge in [0, 0.05) is 50.4 Å². The first kappa shape index (κ1) is 19.2. The fourth-order valence-corrected chi connectivity index (χ4v) is 4.15. The zero-order valence-corrected chi connectivity index (χ0v) is 16.4. The number of hydrogen-bond acceptors (Lipinski definition) is 4. The molecule has 0 aliphatic carbocycles. The van der Waals surface area contributed by atoms with Gasteiger partial charge in [0.05, 0.1) is 16.5 Å². The van der Waals surface area contributed by atoms with E-state index >= 15 is 0 Å². The summed E-state index contributed by atoms with van der Waals surface area (Å²) in [6.07, 6.45) is 0. The van der Waals surface area contributed by atoms with Crippen LogP contribution in [0.15, 0.2) is 64.5 Å². The molecule has 2 N–H and O–H groups in total. The van der Waals surface area contributed by atoms with Crippen LogP contribution in [-0.2, 0) is 10.8 Å². The van der Waals surface area contributed by atoms with Crippen molar-refractivity contribution in [3.63, 3.8) is 0 Å². The van der Waals surface area contributed by atoms with E-state index in [1.54, 1.807) is 13.1 Å². The quantitative estimate of drug-likeness (QED) is 0.607. The van der Waals surface area contributed by atoms with Crippen LogP contribution in [0.25, 0.3) is 0 Å². The number of phenols is 1. The zero-order chi connectivity index (χ0) is 19.1. The van der Waals surface area contributed by atoms with Gasteiger partial charge in [-0.15, -0.1) is 0 Å². The minimum absolute atomic E-state index is 0.317. The Morgan fingerprint density at radius 1 is 1.07 bits per heavy atom. The summed E-state index contributed by atoms with van der Waals surface area (Å²) in [5.41, 5.74) is 0.873. The third-order valence-electron chi connectivity index (χ3n) is 4.59. The summed E-state index contributed by atoms with van der Waals surface area (Å²) < 4.78 is 12.3. The van der Waals surface area contributed by atoms with Crippen LogP contribution in [0, 0.1) is 0 Å². The predicted molar refractivity (Wildman–Crippen MR) is 111 cm³/mol. The molecule has 1 heterocycles. The van der Waals surface area contributed by atoms with E-state index in [1.807, 2.05) is 48.5 Å². The second-order valence-corrected chi connectivity index (χ2v) is 7.87. The van der Waals surface area contributed by atoms with Gasteiger partial charge in [0.2, 0.25) is 0 Å². The Hall–Kier alpha value is -2.54. The lowest BCUT2D eigenvalue weighted by Crippen LogP contribution is -2.53. The first-order valence-corrected chi connectivity index (χ1v) is 10.4. The number of phenolic OH excluding ortho intramolecular Hbond substituents is 1. The van der Waals surface area contributed by atoms with Crippen molar-refractivity contribution in [3.05, 3.63) is 54.6 Å². The number of para-hydroxylation sites is 2. The smallest absolute Gasteiger partial charge is 0.193 e. The van der Waals surface area contributed by atoms with Crippen molar-refractivity contribution in [1.29, 1.82) is 0 Å². The molecule has 2 aromatic carbocycles. The number of anilines is 1. The summed E-state index contributed by atoms with van der Waals surface area (Å²) >= 11 is 0. The van der Waals surface area contributed by atoms with Gasteiger partial charge >= 0.3 is 0 Å². The summed E-state index contributed by atoms with van der Waals surface area (Å²) in [5.74, 6) is 1.69. The minimum Gasteiger partial charge on any atom is -0.506 e. The maximum absolute atomic E-state index is 12.3. The molecule has 144 valence electrons. The Morgan fingerprint density at radius 3 is 2.41 bits per heavy atom. The molecular weight excluding hydrogens is 360 g/mol. The number of piperazine rings is 1. The van der Waals surface area contributed by atoms with Crippen LogP contribution in [0.4, 0.5) is 5.69 Å². The molecule has 1 atom stereocenters. The molecule has 1 aliphatic heterocycles. The van der Waals surface area contributed by atoms with Gasteiger partial charge < -0.3 is 20.2 Å². The molecule has 0 amide bonds. The SMILES string of the molecule is CN=C(NCCS(=O)c1ccccc1)N1CCN(c2ccccc2O)CC1. The number of benzene rings is 2. The highest BCUT2D eigenvalue weighted by atomic mass is 32.2. The van der Waals surface area contributed by atoms with Gasteiger partial charge in [-0.25, -0.2) is 0 Å². The topological polar surface area (TPSA) is 68.2 Å². The van der Waals surface area contributed by atoms with Gasteiger partial charge in [-0.2, -0.15) is 0 Å². The first-order valence-electron chi connectivity index (χ1n) is 9.11. The van der Waals surface area contributed by atoms with E-state index in [-0.39, 0.29) is 0 Å². The van der Waals surface area contributed by atoms with E-state index in [0.29, 0.717) is 18.0 Å². The maximum atomic E-state index is 12.3. The Balaban J connectivity index is 1.48. The van der Waals surface area contributed by atoms with Crippen LogP contribution in [-0.4, -0.2) is 65.7 Å². The van der Waals surface area contributed by atoms with E-state index in [2.05, 4.69) is 20.1 Å². The van der Waals surface area contributed by atoms with Crippen LogP contribution >= 0.6 is 0 Å². The van der Waals surface area contributed by atoms with Crippen LogP contribution in [0.3, 0.4) is 0 Å². The second kappa shape index (κ2) is 9.41. The molecule has 7 heteroatoms. The number of nitrogens with one attached hydrogen (secondary N) is 1. The number of hydrogen-bond donors (Lipinski definition) is 2. The van der Waals surface area contributed by atoms with Crippen molar-refractivity contribution >= 4 is 22.4 Å². The monoisotopic (exact) mass is 386 g/mol. The third-order valence-corrected chi connectivity index (χ3v) is 5.96. The van der Waals surface area contributed by atoms with Crippen LogP contribution in [0.2, 0.25) is 0 Å². The lowest BCUT2D eigenvalue weighted by atomic mass is 10.2. The van der Waals surface area contributed by atoms with Crippen LogP contribution < -0.4 is 10.2 Å². The Morgan fingerprint density at radius 2 is 1.74 bits per heavy atom. The normalized spacial score (nSPS) is 16.3. The molecule has 0 saturated carbocycles.